The number of nitrogens with zero attached hydrogens (tertiary/aromatic N) is 3. The van der Waals surface area contributed by atoms with Gasteiger partial charge in [0.2, 0.25) is 5.91 Å². The van der Waals surface area contributed by atoms with E-state index in [0.29, 0.717) is 44.3 Å². The number of ether oxygens (including phenoxy) is 1. The molecule has 1 saturated carbocycles. The molecule has 8 heteroatoms. The average molecular weight is 334 g/mol. The second-order valence-electron chi connectivity index (χ2n) is 6.43. The van der Waals surface area contributed by atoms with Gasteiger partial charge in [0.15, 0.2) is 0 Å². The van der Waals surface area contributed by atoms with Crippen molar-refractivity contribution in [3.05, 3.63) is 18.1 Å². The number of carboxylic acids is 1. The van der Waals surface area contributed by atoms with Crippen molar-refractivity contribution in [1.82, 2.24) is 14.9 Å². The Morgan fingerprint density at radius 2 is 2.25 bits per heavy atom. The lowest BCUT2D eigenvalue weighted by molar-refractivity contribution is -0.152. The van der Waals surface area contributed by atoms with Crippen LogP contribution in [0.15, 0.2) is 12.4 Å². The number of carbonyl (C=O) groups excluding carboxylic acids is 1. The lowest BCUT2D eigenvalue weighted by Gasteiger charge is -2.21. The van der Waals surface area contributed by atoms with Crippen LogP contribution < -0.4 is 5.32 Å². The van der Waals surface area contributed by atoms with E-state index in [0.717, 1.165) is 18.7 Å². The van der Waals surface area contributed by atoms with Gasteiger partial charge in [-0.25, -0.2) is 9.97 Å². The van der Waals surface area contributed by atoms with E-state index in [1.54, 1.807) is 7.05 Å². The summed E-state index contributed by atoms with van der Waals surface area (Å²) >= 11 is 0. The van der Waals surface area contributed by atoms with E-state index in [4.69, 9.17) is 4.74 Å². The Balaban J connectivity index is 1.50. The standard InChI is InChI=1S/C16H22N4O4/c1-20(14(21)16(3-4-16)15(22)23)6-5-17-13-8-12(18-10-19-13)11-2-7-24-9-11/h8,10-11H,2-7,9H2,1H3,(H,22,23)(H,17,18,19)/t11-/m0/s1. The van der Waals surface area contributed by atoms with Crippen LogP contribution in [0.3, 0.4) is 0 Å². The van der Waals surface area contributed by atoms with Gasteiger partial charge in [0.1, 0.15) is 17.6 Å². The average Bonchev–Trinajstić information content (AvgIpc) is 3.21. The SMILES string of the molecule is CN(CCNc1cc([C@H]2CCOC2)ncn1)C(=O)C1(C(=O)O)CC1. The van der Waals surface area contributed by atoms with Gasteiger partial charge in [0.25, 0.3) is 0 Å². The van der Waals surface area contributed by atoms with E-state index in [1.807, 2.05) is 6.07 Å². The molecule has 1 aromatic rings. The first-order valence-electron chi connectivity index (χ1n) is 8.15. The highest BCUT2D eigenvalue weighted by Gasteiger charge is 2.58. The van der Waals surface area contributed by atoms with Crippen molar-refractivity contribution in [2.75, 3.05) is 38.7 Å². The number of amides is 1. The Hall–Kier alpha value is -2.22. The summed E-state index contributed by atoms with van der Waals surface area (Å²) in [5, 5.41) is 12.3. The largest absolute Gasteiger partial charge is 0.480 e. The van der Waals surface area contributed by atoms with E-state index >= 15 is 0 Å². The van der Waals surface area contributed by atoms with Crippen molar-refractivity contribution in [3.63, 3.8) is 0 Å². The number of carboxylic acid groups (broad SMARTS) is 1. The fourth-order valence-corrected chi connectivity index (χ4v) is 2.92. The van der Waals surface area contributed by atoms with Crippen molar-refractivity contribution in [2.24, 2.45) is 5.41 Å². The number of hydrogen-bond acceptors (Lipinski definition) is 6. The molecule has 130 valence electrons. The summed E-state index contributed by atoms with van der Waals surface area (Å²) < 4.78 is 5.37. The molecule has 1 aromatic heterocycles. The number of nitrogens with one attached hydrogen (secondary N) is 1. The molecule has 2 N–H and O–H groups in total. The molecule has 0 aromatic carbocycles. The number of aromatic nitrogens is 2. The number of aliphatic carboxylic acids is 1. The van der Waals surface area contributed by atoms with Gasteiger partial charge in [-0.2, -0.15) is 0 Å². The summed E-state index contributed by atoms with van der Waals surface area (Å²) in [6.07, 6.45) is 3.34. The molecule has 2 aliphatic rings. The molecule has 1 aliphatic heterocycles. The van der Waals surface area contributed by atoms with Crippen LogP contribution in [-0.4, -0.2) is 65.2 Å². The summed E-state index contributed by atoms with van der Waals surface area (Å²) in [5.74, 6) is -0.329. The molecule has 0 spiro atoms. The van der Waals surface area contributed by atoms with Gasteiger partial charge >= 0.3 is 5.97 Å². The normalized spacial score (nSPS) is 21.3. The molecule has 1 amide bonds. The number of anilines is 1. The highest BCUT2D eigenvalue weighted by Crippen LogP contribution is 2.47. The zero-order valence-corrected chi connectivity index (χ0v) is 13.7. The second kappa shape index (κ2) is 6.72. The maximum Gasteiger partial charge on any atom is 0.319 e. The molecule has 0 bridgehead atoms. The maximum atomic E-state index is 12.2. The maximum absolute atomic E-state index is 12.2. The molecule has 0 unspecified atom stereocenters. The summed E-state index contributed by atoms with van der Waals surface area (Å²) in [4.78, 5) is 33.4. The Morgan fingerprint density at radius 1 is 1.46 bits per heavy atom. The molecule has 2 fully saturated rings. The Morgan fingerprint density at radius 3 is 2.88 bits per heavy atom. The minimum absolute atomic E-state index is 0.308. The van der Waals surface area contributed by atoms with Gasteiger partial charge < -0.3 is 20.1 Å². The van der Waals surface area contributed by atoms with Gasteiger partial charge in [-0.3, -0.25) is 9.59 Å². The molecule has 2 heterocycles. The summed E-state index contributed by atoms with van der Waals surface area (Å²) in [6.45, 7) is 2.36. The van der Waals surface area contributed by atoms with Crippen LogP contribution in [0, 0.1) is 5.41 Å². The highest BCUT2D eigenvalue weighted by atomic mass is 16.5. The zero-order valence-electron chi connectivity index (χ0n) is 13.7. The first-order chi connectivity index (χ1) is 11.5. The predicted molar refractivity (Wildman–Crippen MR) is 85.6 cm³/mol. The summed E-state index contributed by atoms with van der Waals surface area (Å²) in [5.41, 5.74) is -0.225. The van der Waals surface area contributed by atoms with Crippen LogP contribution in [0.25, 0.3) is 0 Å². The fraction of sp³-hybridized carbons (Fsp3) is 0.625. The van der Waals surface area contributed by atoms with E-state index in [-0.39, 0.29) is 5.91 Å². The third kappa shape index (κ3) is 3.33. The quantitative estimate of drug-likeness (QED) is 0.708. The lowest BCUT2D eigenvalue weighted by Crippen LogP contribution is -2.40. The van der Waals surface area contributed by atoms with Crippen LogP contribution in [-0.2, 0) is 14.3 Å². The first-order valence-corrected chi connectivity index (χ1v) is 8.15. The topological polar surface area (TPSA) is 105 Å². The smallest absolute Gasteiger partial charge is 0.319 e. The van der Waals surface area contributed by atoms with Crippen molar-refractivity contribution in [3.8, 4) is 0 Å². The number of likely N-dealkylation sites (N-methyl/N-ethyl adjacent to an activating group) is 1. The molecular formula is C16H22N4O4. The third-order valence-electron chi connectivity index (χ3n) is 4.70. The van der Waals surface area contributed by atoms with Crippen LogP contribution in [0.5, 0.6) is 0 Å². The molecule has 1 atom stereocenters. The monoisotopic (exact) mass is 334 g/mol. The van der Waals surface area contributed by atoms with Crippen LogP contribution in [0.1, 0.15) is 30.9 Å². The van der Waals surface area contributed by atoms with E-state index < -0.39 is 11.4 Å². The van der Waals surface area contributed by atoms with Gasteiger partial charge in [0.05, 0.1) is 12.3 Å². The van der Waals surface area contributed by atoms with Crippen molar-refractivity contribution < 1.29 is 19.4 Å². The molecule has 24 heavy (non-hydrogen) atoms. The Kier molecular flexibility index (Phi) is 4.66. The highest BCUT2D eigenvalue weighted by molar-refractivity contribution is 6.04. The van der Waals surface area contributed by atoms with Gasteiger partial charge in [-0.1, -0.05) is 0 Å². The van der Waals surface area contributed by atoms with Gasteiger partial charge in [0, 0.05) is 38.7 Å². The van der Waals surface area contributed by atoms with Crippen molar-refractivity contribution in [2.45, 2.75) is 25.2 Å². The second-order valence-corrected chi connectivity index (χ2v) is 6.43. The summed E-state index contributed by atoms with van der Waals surface area (Å²) in [7, 11) is 1.63. The van der Waals surface area contributed by atoms with Crippen molar-refractivity contribution in [1.29, 1.82) is 0 Å². The number of rotatable bonds is 7. The molecule has 1 saturated heterocycles. The molecule has 8 nitrogen and oxygen atoms in total. The molecular weight excluding hydrogens is 312 g/mol. The van der Waals surface area contributed by atoms with E-state index in [9.17, 15) is 14.7 Å². The molecule has 0 radical (unpaired) electrons. The van der Waals surface area contributed by atoms with Crippen LogP contribution >= 0.6 is 0 Å². The molecule has 1 aliphatic carbocycles. The van der Waals surface area contributed by atoms with E-state index in [1.165, 1.54) is 11.2 Å². The number of carbonyl (C=O) groups is 2. The first kappa shape index (κ1) is 16.6. The van der Waals surface area contributed by atoms with Gasteiger partial charge in [-0.05, 0) is 19.3 Å². The minimum atomic E-state index is -1.18. The van der Waals surface area contributed by atoms with Crippen LogP contribution in [0.2, 0.25) is 0 Å². The van der Waals surface area contributed by atoms with E-state index in [2.05, 4.69) is 15.3 Å². The Labute approximate surface area is 140 Å². The zero-order chi connectivity index (χ0) is 17.2. The van der Waals surface area contributed by atoms with Gasteiger partial charge in [-0.15, -0.1) is 0 Å². The summed E-state index contributed by atoms with van der Waals surface area (Å²) in [6, 6.07) is 1.90. The Bertz CT molecular complexity index is 626. The third-order valence-corrected chi connectivity index (χ3v) is 4.70. The number of hydrogen-bond donors (Lipinski definition) is 2. The van der Waals surface area contributed by atoms with Crippen LogP contribution in [0.4, 0.5) is 5.82 Å². The molecule has 3 rings (SSSR count). The minimum Gasteiger partial charge on any atom is -0.480 e. The van der Waals surface area contributed by atoms with Crippen molar-refractivity contribution >= 4 is 17.7 Å². The predicted octanol–water partition coefficient (Wildman–Crippen LogP) is 0.716. The lowest BCUT2D eigenvalue weighted by atomic mass is 10.1. The fourth-order valence-electron chi connectivity index (χ4n) is 2.92.